The van der Waals surface area contributed by atoms with E-state index >= 15 is 0 Å². The average molecular weight is 375 g/mol. The Kier molecular flexibility index (Phi) is 6.83. The molecular formula is C14H18INO3. The first-order chi connectivity index (χ1) is 9.02. The number of benzene rings is 1. The molecule has 1 unspecified atom stereocenters. The number of halogens is 1. The SMILES string of the molecule is CCCC(C)NC(=O)COC(=O)c1ccc(I)cc1. The van der Waals surface area contributed by atoms with Gasteiger partial charge in [0.1, 0.15) is 0 Å². The van der Waals surface area contributed by atoms with Gasteiger partial charge < -0.3 is 10.1 Å². The van der Waals surface area contributed by atoms with E-state index in [4.69, 9.17) is 4.74 Å². The minimum Gasteiger partial charge on any atom is -0.452 e. The van der Waals surface area contributed by atoms with Gasteiger partial charge in [0.05, 0.1) is 5.56 Å². The van der Waals surface area contributed by atoms with Crippen LogP contribution >= 0.6 is 22.6 Å². The molecule has 0 fully saturated rings. The van der Waals surface area contributed by atoms with Crippen LogP contribution in [0.3, 0.4) is 0 Å². The normalized spacial score (nSPS) is 11.7. The second-order valence-corrected chi connectivity index (χ2v) is 5.59. The van der Waals surface area contributed by atoms with Crippen molar-refractivity contribution in [2.75, 3.05) is 6.61 Å². The van der Waals surface area contributed by atoms with Crippen molar-refractivity contribution in [2.24, 2.45) is 0 Å². The molecule has 5 heteroatoms. The van der Waals surface area contributed by atoms with Crippen molar-refractivity contribution in [3.63, 3.8) is 0 Å². The summed E-state index contributed by atoms with van der Waals surface area (Å²) >= 11 is 2.16. The summed E-state index contributed by atoms with van der Waals surface area (Å²) in [5.41, 5.74) is 0.454. The lowest BCUT2D eigenvalue weighted by Gasteiger charge is -2.12. The number of carbonyl (C=O) groups excluding carboxylic acids is 2. The second kappa shape index (κ2) is 8.14. The van der Waals surface area contributed by atoms with E-state index in [1.807, 2.05) is 19.1 Å². The van der Waals surface area contributed by atoms with Crippen molar-refractivity contribution in [1.82, 2.24) is 5.32 Å². The fourth-order valence-electron chi connectivity index (χ4n) is 1.62. The molecule has 0 radical (unpaired) electrons. The van der Waals surface area contributed by atoms with E-state index in [9.17, 15) is 9.59 Å². The summed E-state index contributed by atoms with van der Waals surface area (Å²) in [4.78, 5) is 23.2. The molecule has 0 heterocycles. The predicted molar refractivity (Wildman–Crippen MR) is 82.0 cm³/mol. The van der Waals surface area contributed by atoms with Crippen LogP contribution in [-0.2, 0) is 9.53 Å². The molecule has 0 saturated heterocycles. The molecule has 1 atom stereocenters. The van der Waals surface area contributed by atoms with Gasteiger partial charge >= 0.3 is 5.97 Å². The zero-order valence-corrected chi connectivity index (χ0v) is 13.3. The van der Waals surface area contributed by atoms with Gasteiger partial charge in [0.2, 0.25) is 0 Å². The van der Waals surface area contributed by atoms with Crippen molar-refractivity contribution in [3.05, 3.63) is 33.4 Å². The minimum absolute atomic E-state index is 0.106. The van der Waals surface area contributed by atoms with Crippen LogP contribution in [0, 0.1) is 3.57 Å². The summed E-state index contributed by atoms with van der Waals surface area (Å²) in [6, 6.07) is 7.11. The van der Waals surface area contributed by atoms with Gasteiger partial charge in [0, 0.05) is 9.61 Å². The fourth-order valence-corrected chi connectivity index (χ4v) is 1.98. The topological polar surface area (TPSA) is 55.4 Å². The number of hydrogen-bond acceptors (Lipinski definition) is 3. The number of nitrogens with one attached hydrogen (secondary N) is 1. The van der Waals surface area contributed by atoms with Gasteiger partial charge in [0.25, 0.3) is 5.91 Å². The third-order valence-corrected chi connectivity index (χ3v) is 3.26. The number of carbonyl (C=O) groups is 2. The highest BCUT2D eigenvalue weighted by atomic mass is 127. The highest BCUT2D eigenvalue weighted by Gasteiger charge is 2.11. The zero-order chi connectivity index (χ0) is 14.3. The van der Waals surface area contributed by atoms with Crippen LogP contribution in [0.25, 0.3) is 0 Å². The Balaban J connectivity index is 2.37. The van der Waals surface area contributed by atoms with Crippen LogP contribution < -0.4 is 5.32 Å². The molecule has 0 aromatic heterocycles. The summed E-state index contributed by atoms with van der Waals surface area (Å²) in [5, 5.41) is 2.78. The standard InChI is InChI=1S/C14H18INO3/c1-3-4-10(2)16-13(17)9-19-14(18)11-5-7-12(15)8-6-11/h5-8,10H,3-4,9H2,1-2H3,(H,16,17). The predicted octanol–water partition coefficient (Wildman–Crippen LogP) is 2.75. The number of hydrogen-bond donors (Lipinski definition) is 1. The molecule has 0 aliphatic heterocycles. The van der Waals surface area contributed by atoms with Crippen molar-refractivity contribution < 1.29 is 14.3 Å². The summed E-state index contributed by atoms with van der Waals surface area (Å²) < 4.78 is 6.00. The van der Waals surface area contributed by atoms with E-state index in [1.165, 1.54) is 0 Å². The monoisotopic (exact) mass is 375 g/mol. The number of rotatable bonds is 6. The number of ether oxygens (including phenoxy) is 1. The Morgan fingerprint density at radius 2 is 1.95 bits per heavy atom. The van der Waals surface area contributed by atoms with E-state index in [0.717, 1.165) is 16.4 Å². The number of amides is 1. The van der Waals surface area contributed by atoms with Gasteiger partial charge in [-0.3, -0.25) is 4.79 Å². The molecule has 1 aromatic rings. The first-order valence-electron chi connectivity index (χ1n) is 6.25. The van der Waals surface area contributed by atoms with Crippen molar-refractivity contribution in [3.8, 4) is 0 Å². The lowest BCUT2D eigenvalue weighted by molar-refractivity contribution is -0.124. The highest BCUT2D eigenvalue weighted by molar-refractivity contribution is 14.1. The summed E-state index contributed by atoms with van der Waals surface area (Å²) in [7, 11) is 0. The van der Waals surface area contributed by atoms with Crippen molar-refractivity contribution in [2.45, 2.75) is 32.7 Å². The third kappa shape index (κ3) is 6.04. The second-order valence-electron chi connectivity index (χ2n) is 4.34. The minimum atomic E-state index is -0.477. The molecule has 1 rings (SSSR count). The largest absolute Gasteiger partial charge is 0.452 e. The van der Waals surface area contributed by atoms with Gasteiger partial charge in [-0.15, -0.1) is 0 Å². The first kappa shape index (κ1) is 15.9. The fraction of sp³-hybridized carbons (Fsp3) is 0.429. The van der Waals surface area contributed by atoms with Crippen molar-refractivity contribution in [1.29, 1.82) is 0 Å². The Bertz CT molecular complexity index is 431. The molecule has 0 spiro atoms. The smallest absolute Gasteiger partial charge is 0.338 e. The Morgan fingerprint density at radius 3 is 2.53 bits per heavy atom. The molecule has 0 saturated carbocycles. The van der Waals surface area contributed by atoms with E-state index in [1.54, 1.807) is 12.1 Å². The van der Waals surface area contributed by atoms with Gasteiger partial charge in [-0.2, -0.15) is 0 Å². The summed E-state index contributed by atoms with van der Waals surface area (Å²) in [6.07, 6.45) is 1.92. The summed E-state index contributed by atoms with van der Waals surface area (Å²) in [6.45, 7) is 3.75. The third-order valence-electron chi connectivity index (χ3n) is 2.54. The molecule has 19 heavy (non-hydrogen) atoms. The number of esters is 1. The van der Waals surface area contributed by atoms with E-state index < -0.39 is 5.97 Å². The van der Waals surface area contributed by atoms with Gasteiger partial charge in [-0.1, -0.05) is 13.3 Å². The Labute approximate surface area is 127 Å². The van der Waals surface area contributed by atoms with Crippen LogP contribution in [0.1, 0.15) is 37.0 Å². The van der Waals surface area contributed by atoms with Gasteiger partial charge in [-0.25, -0.2) is 4.79 Å². The molecule has 1 aromatic carbocycles. The highest BCUT2D eigenvalue weighted by Crippen LogP contribution is 2.07. The Hall–Kier alpha value is -1.11. The van der Waals surface area contributed by atoms with Crippen LogP contribution in [-0.4, -0.2) is 24.5 Å². The van der Waals surface area contributed by atoms with E-state index in [-0.39, 0.29) is 18.6 Å². The van der Waals surface area contributed by atoms with Crippen LogP contribution in [0.15, 0.2) is 24.3 Å². The maximum Gasteiger partial charge on any atom is 0.338 e. The molecule has 1 amide bonds. The van der Waals surface area contributed by atoms with Crippen molar-refractivity contribution >= 4 is 34.5 Å². The molecule has 4 nitrogen and oxygen atoms in total. The quantitative estimate of drug-likeness (QED) is 0.615. The van der Waals surface area contributed by atoms with Crippen LogP contribution in [0.4, 0.5) is 0 Å². The maximum absolute atomic E-state index is 11.7. The zero-order valence-electron chi connectivity index (χ0n) is 11.1. The molecular weight excluding hydrogens is 357 g/mol. The Morgan fingerprint density at radius 1 is 1.32 bits per heavy atom. The molecule has 0 aliphatic rings. The first-order valence-corrected chi connectivity index (χ1v) is 7.33. The van der Waals surface area contributed by atoms with Crippen LogP contribution in [0.2, 0.25) is 0 Å². The van der Waals surface area contributed by atoms with E-state index in [0.29, 0.717) is 5.56 Å². The lowest BCUT2D eigenvalue weighted by Crippen LogP contribution is -2.35. The van der Waals surface area contributed by atoms with Gasteiger partial charge in [-0.05, 0) is 60.2 Å². The van der Waals surface area contributed by atoms with E-state index in [2.05, 4.69) is 34.8 Å². The molecule has 0 bridgehead atoms. The maximum atomic E-state index is 11.7. The van der Waals surface area contributed by atoms with Crippen LogP contribution in [0.5, 0.6) is 0 Å². The molecule has 0 aliphatic carbocycles. The van der Waals surface area contributed by atoms with Gasteiger partial charge in [0.15, 0.2) is 6.61 Å². The lowest BCUT2D eigenvalue weighted by atomic mass is 10.2. The average Bonchev–Trinajstić information content (AvgIpc) is 2.37. The summed E-state index contributed by atoms with van der Waals surface area (Å²) in [5.74, 6) is -0.741. The molecule has 1 N–H and O–H groups in total. The molecule has 104 valence electrons.